The van der Waals surface area contributed by atoms with Crippen LogP contribution in [0.2, 0.25) is 0 Å². The van der Waals surface area contributed by atoms with Gasteiger partial charge in [0.25, 0.3) is 0 Å². The van der Waals surface area contributed by atoms with Crippen molar-refractivity contribution in [2.24, 2.45) is 0 Å². The summed E-state index contributed by atoms with van der Waals surface area (Å²) in [5.74, 6) is 1.49. The van der Waals surface area contributed by atoms with Gasteiger partial charge in [0.15, 0.2) is 11.1 Å². The average molecular weight is 410 g/mol. The monoisotopic (exact) mass is 410 g/mol. The first-order valence-electron chi connectivity index (χ1n) is 9.31. The van der Waals surface area contributed by atoms with E-state index < -0.39 is 11.1 Å². The van der Waals surface area contributed by atoms with Gasteiger partial charge in [0.2, 0.25) is 0 Å². The first-order valence-corrected chi connectivity index (χ1v) is 10.6. The molecular weight excluding hydrogens is 388 g/mol. The first-order chi connectivity index (χ1) is 14.1. The molecule has 3 heterocycles. The summed E-state index contributed by atoms with van der Waals surface area (Å²) in [4.78, 5) is 11.1. The fraction of sp³-hybridized carbons (Fsp3) is 0.238. The number of benzene rings is 1. The van der Waals surface area contributed by atoms with Crippen LogP contribution in [0.1, 0.15) is 5.56 Å². The summed E-state index contributed by atoms with van der Waals surface area (Å²) in [6, 6.07) is 13.5. The number of hydrogen-bond acceptors (Lipinski definition) is 6. The number of ether oxygens (including phenoxy) is 1. The predicted octanol–water partition coefficient (Wildman–Crippen LogP) is 2.95. The lowest BCUT2D eigenvalue weighted by Crippen LogP contribution is -2.36. The van der Waals surface area contributed by atoms with Crippen LogP contribution in [0.15, 0.2) is 54.9 Å². The number of nitrogen functional groups attached to an aromatic ring is 1. The number of anilines is 2. The van der Waals surface area contributed by atoms with Gasteiger partial charge in [-0.15, -0.1) is 0 Å². The number of morpholine rings is 1. The Labute approximate surface area is 171 Å². The van der Waals surface area contributed by atoms with Crippen molar-refractivity contribution in [2.45, 2.75) is 5.75 Å². The molecule has 0 radical (unpaired) electrons. The fourth-order valence-corrected chi connectivity index (χ4v) is 3.80. The average Bonchev–Trinajstić information content (AvgIpc) is 2.75. The Morgan fingerprint density at radius 2 is 1.69 bits per heavy atom. The van der Waals surface area contributed by atoms with E-state index in [-0.39, 0.29) is 5.75 Å². The summed E-state index contributed by atoms with van der Waals surface area (Å²) < 4.78 is 25.4. The van der Waals surface area contributed by atoms with E-state index in [4.69, 9.17) is 15.0 Å². The Morgan fingerprint density at radius 1 is 1.00 bits per heavy atom. The largest absolute Gasteiger partial charge is 0.383 e. The molecule has 3 aromatic rings. The van der Waals surface area contributed by atoms with Crippen molar-refractivity contribution >= 4 is 22.7 Å². The fourth-order valence-electron chi connectivity index (χ4n) is 3.33. The molecule has 2 aromatic heterocycles. The molecule has 4 rings (SSSR count). The summed E-state index contributed by atoms with van der Waals surface area (Å²) >= 11 is -1.85. The van der Waals surface area contributed by atoms with E-state index in [0.29, 0.717) is 5.82 Å². The minimum absolute atomic E-state index is 0.118. The van der Waals surface area contributed by atoms with E-state index in [2.05, 4.69) is 14.9 Å². The lowest BCUT2D eigenvalue weighted by molar-refractivity contribution is 0.122. The zero-order valence-electron chi connectivity index (χ0n) is 15.8. The van der Waals surface area contributed by atoms with Crippen LogP contribution < -0.4 is 10.6 Å². The lowest BCUT2D eigenvalue weighted by atomic mass is 10.0. The Balaban J connectivity index is 1.59. The third-order valence-electron chi connectivity index (χ3n) is 4.89. The van der Waals surface area contributed by atoms with Crippen molar-refractivity contribution in [3.63, 3.8) is 0 Å². The van der Waals surface area contributed by atoms with Gasteiger partial charge in [0.1, 0.15) is 11.6 Å². The Hall–Kier alpha value is -2.81. The van der Waals surface area contributed by atoms with Crippen LogP contribution in [0.4, 0.5) is 11.6 Å². The Bertz CT molecular complexity index is 1000. The first kappa shape index (κ1) is 19.5. The zero-order chi connectivity index (χ0) is 20.2. The van der Waals surface area contributed by atoms with Gasteiger partial charge in [0.05, 0.1) is 19.0 Å². The maximum absolute atomic E-state index is 11.0. The standard InChI is InChI=1S/C21H22N4O3S/c22-21-19(17-5-6-20(23-12-17)25-7-9-28-10-8-25)11-18(13-24-21)16-3-1-15(2-4-16)14-29(26)27/h1-6,11-13H,7-10,14H2,(H2,22,24)(H,26,27). The molecule has 1 atom stereocenters. The minimum Gasteiger partial charge on any atom is -0.383 e. The van der Waals surface area contributed by atoms with Crippen LogP contribution >= 0.6 is 0 Å². The normalized spacial score (nSPS) is 15.3. The Morgan fingerprint density at radius 3 is 2.34 bits per heavy atom. The van der Waals surface area contributed by atoms with Crippen LogP contribution in [0.25, 0.3) is 22.3 Å². The van der Waals surface area contributed by atoms with Crippen molar-refractivity contribution in [1.82, 2.24) is 9.97 Å². The van der Waals surface area contributed by atoms with Crippen molar-refractivity contribution in [3.8, 4) is 22.3 Å². The molecule has 29 heavy (non-hydrogen) atoms. The van der Waals surface area contributed by atoms with Crippen LogP contribution in [0, 0.1) is 0 Å². The summed E-state index contributed by atoms with van der Waals surface area (Å²) in [7, 11) is 0. The third-order valence-corrected chi connectivity index (χ3v) is 5.47. The molecule has 1 fully saturated rings. The second-order valence-electron chi connectivity index (χ2n) is 6.82. The van der Waals surface area contributed by atoms with E-state index in [1.807, 2.05) is 48.7 Å². The number of pyridine rings is 2. The molecule has 0 aliphatic carbocycles. The minimum atomic E-state index is -1.85. The number of hydrogen-bond donors (Lipinski definition) is 2. The molecule has 1 saturated heterocycles. The maximum Gasteiger partial charge on any atom is 0.157 e. The molecule has 8 heteroatoms. The zero-order valence-corrected chi connectivity index (χ0v) is 16.6. The van der Waals surface area contributed by atoms with Crippen LogP contribution in [-0.4, -0.2) is 45.0 Å². The van der Waals surface area contributed by atoms with Crippen molar-refractivity contribution in [3.05, 3.63) is 60.4 Å². The van der Waals surface area contributed by atoms with Crippen LogP contribution in [-0.2, 0) is 21.6 Å². The van der Waals surface area contributed by atoms with Crippen LogP contribution in [0.3, 0.4) is 0 Å². The van der Waals surface area contributed by atoms with E-state index in [1.165, 1.54) is 0 Å². The number of aromatic nitrogens is 2. The lowest BCUT2D eigenvalue weighted by Gasteiger charge is -2.27. The number of rotatable bonds is 5. The quantitative estimate of drug-likeness (QED) is 0.624. The highest BCUT2D eigenvalue weighted by Gasteiger charge is 2.13. The molecule has 1 unspecified atom stereocenters. The van der Waals surface area contributed by atoms with E-state index in [0.717, 1.165) is 59.9 Å². The predicted molar refractivity (Wildman–Crippen MR) is 115 cm³/mol. The molecule has 3 N–H and O–H groups in total. The van der Waals surface area contributed by atoms with Gasteiger partial charge in [-0.1, -0.05) is 24.3 Å². The molecule has 0 spiro atoms. The highest BCUT2D eigenvalue weighted by Crippen LogP contribution is 2.30. The van der Waals surface area contributed by atoms with E-state index >= 15 is 0 Å². The van der Waals surface area contributed by atoms with Crippen LogP contribution in [0.5, 0.6) is 0 Å². The van der Waals surface area contributed by atoms with E-state index in [1.54, 1.807) is 6.20 Å². The topological polar surface area (TPSA) is 102 Å². The molecule has 1 aliphatic rings. The molecule has 1 aliphatic heterocycles. The van der Waals surface area contributed by atoms with Gasteiger partial charge in [-0.05, 0) is 29.3 Å². The summed E-state index contributed by atoms with van der Waals surface area (Å²) in [6.07, 6.45) is 3.55. The summed E-state index contributed by atoms with van der Waals surface area (Å²) in [6.45, 7) is 3.11. The molecule has 0 amide bonds. The van der Waals surface area contributed by atoms with Crippen molar-refractivity contribution < 1.29 is 13.5 Å². The maximum atomic E-state index is 11.0. The van der Waals surface area contributed by atoms with Gasteiger partial charge in [-0.25, -0.2) is 14.2 Å². The van der Waals surface area contributed by atoms with Gasteiger partial charge in [-0.3, -0.25) is 0 Å². The number of nitrogens with two attached hydrogens (primary N) is 1. The second-order valence-corrected chi connectivity index (χ2v) is 7.76. The van der Waals surface area contributed by atoms with Gasteiger partial charge in [0, 0.05) is 42.2 Å². The third kappa shape index (κ3) is 4.61. The summed E-state index contributed by atoms with van der Waals surface area (Å²) in [5, 5.41) is 0. The molecular formula is C21H22N4O3S. The highest BCUT2D eigenvalue weighted by atomic mass is 32.2. The molecule has 150 valence electrons. The highest BCUT2D eigenvalue weighted by molar-refractivity contribution is 7.78. The van der Waals surface area contributed by atoms with E-state index in [9.17, 15) is 4.21 Å². The number of nitrogens with zero attached hydrogens (tertiary/aromatic N) is 3. The van der Waals surface area contributed by atoms with Gasteiger partial charge >= 0.3 is 0 Å². The molecule has 0 bridgehead atoms. The second kappa shape index (κ2) is 8.69. The van der Waals surface area contributed by atoms with Gasteiger partial charge < -0.3 is 19.9 Å². The molecule has 0 saturated carbocycles. The SMILES string of the molecule is Nc1ncc(-c2ccc(CS(=O)O)cc2)cc1-c1ccc(N2CCOCC2)nc1. The van der Waals surface area contributed by atoms with Gasteiger partial charge in [-0.2, -0.15) is 0 Å². The molecule has 1 aromatic carbocycles. The summed E-state index contributed by atoms with van der Waals surface area (Å²) in [5.41, 5.74) is 10.5. The molecule has 7 nitrogen and oxygen atoms in total. The van der Waals surface area contributed by atoms with Crippen molar-refractivity contribution in [1.29, 1.82) is 0 Å². The smallest absolute Gasteiger partial charge is 0.157 e. The van der Waals surface area contributed by atoms with Crippen molar-refractivity contribution in [2.75, 3.05) is 36.9 Å². The Kier molecular flexibility index (Phi) is 5.84.